The van der Waals surface area contributed by atoms with Crippen molar-refractivity contribution < 1.29 is 46.1 Å². The number of hydrogen-bond acceptors (Lipinski definition) is 5. The molecule has 210 valence electrons. The van der Waals surface area contributed by atoms with E-state index in [4.69, 9.17) is 19.8 Å². The first-order valence-electron chi connectivity index (χ1n) is 11.5. The summed E-state index contributed by atoms with van der Waals surface area (Å²) in [6.45, 7) is 5.98. The van der Waals surface area contributed by atoms with Crippen LogP contribution in [0.25, 0.3) is 0 Å². The predicted octanol–water partition coefficient (Wildman–Crippen LogP) is 3.68. The fourth-order valence-corrected chi connectivity index (χ4v) is 3.71. The Bertz CT molecular complexity index is 1150. The van der Waals surface area contributed by atoms with E-state index >= 15 is 0 Å². The first-order chi connectivity index (χ1) is 17.6. The molecule has 0 unspecified atom stereocenters. The summed E-state index contributed by atoms with van der Waals surface area (Å²) in [5.41, 5.74) is 4.60. The minimum absolute atomic E-state index is 0.0905. The minimum atomic E-state index is -5.08. The highest BCUT2D eigenvalue weighted by Crippen LogP contribution is 2.30. The van der Waals surface area contributed by atoms with Gasteiger partial charge in [-0.05, 0) is 49.8 Å². The van der Waals surface area contributed by atoms with Gasteiger partial charge in [-0.25, -0.2) is 9.59 Å². The van der Waals surface area contributed by atoms with Crippen molar-refractivity contribution in [3.05, 3.63) is 63.3 Å². The third-order valence-corrected chi connectivity index (χ3v) is 5.72. The molecule has 0 saturated heterocycles. The van der Waals surface area contributed by atoms with Gasteiger partial charge in [0.25, 0.3) is 5.56 Å². The lowest BCUT2D eigenvalue weighted by molar-refractivity contribution is -0.193. The number of rotatable bonds is 4. The Hall–Kier alpha value is -3.42. The molecule has 14 heteroatoms. The SMILES string of the molecule is Cc1cccc(Cn2c3c(ccc2=O)CCN(CC2CC2)CC3)n1.O=C(O)C(F)(F)F.O=C(O)C(F)(F)F. The molecule has 2 N–H and O–H groups in total. The number of aliphatic carboxylic acids is 2. The van der Waals surface area contributed by atoms with Gasteiger partial charge in [0, 0.05) is 43.5 Å². The monoisotopic (exact) mass is 551 g/mol. The van der Waals surface area contributed by atoms with Crippen molar-refractivity contribution in [2.75, 3.05) is 19.6 Å². The van der Waals surface area contributed by atoms with Crippen molar-refractivity contribution in [3.63, 3.8) is 0 Å². The molecule has 0 atom stereocenters. The quantitative estimate of drug-likeness (QED) is 0.558. The molecular weight excluding hydrogens is 524 g/mol. The van der Waals surface area contributed by atoms with Crippen LogP contribution >= 0.6 is 0 Å². The number of alkyl halides is 6. The highest BCUT2D eigenvalue weighted by molar-refractivity contribution is 5.73. The van der Waals surface area contributed by atoms with E-state index in [1.54, 1.807) is 6.07 Å². The van der Waals surface area contributed by atoms with Gasteiger partial charge in [0.15, 0.2) is 0 Å². The van der Waals surface area contributed by atoms with Crippen LogP contribution in [0.5, 0.6) is 0 Å². The standard InChI is InChI=1S/C20H25N3O.2C2HF3O2/c1-15-3-2-4-18(21-15)14-23-19-10-12-22(13-16-5-6-16)11-9-17(19)7-8-20(23)24;2*3-2(4,5)1(6)7/h2-4,7-8,16H,5-6,9-14H2,1H3;2*(H,6,7). The summed E-state index contributed by atoms with van der Waals surface area (Å²) in [5.74, 6) is -4.59. The van der Waals surface area contributed by atoms with Gasteiger partial charge in [-0.3, -0.25) is 9.78 Å². The topological polar surface area (TPSA) is 113 Å². The third kappa shape index (κ3) is 10.1. The number of halogens is 6. The van der Waals surface area contributed by atoms with Gasteiger partial charge in [0.1, 0.15) is 0 Å². The number of aromatic nitrogens is 2. The Kier molecular flexibility index (Phi) is 10.5. The largest absolute Gasteiger partial charge is 0.490 e. The maximum absolute atomic E-state index is 12.5. The molecule has 2 aromatic heterocycles. The number of pyridine rings is 2. The van der Waals surface area contributed by atoms with Crippen LogP contribution in [0.3, 0.4) is 0 Å². The highest BCUT2D eigenvalue weighted by atomic mass is 19.4. The number of nitrogens with zero attached hydrogens (tertiary/aromatic N) is 3. The third-order valence-electron chi connectivity index (χ3n) is 5.72. The van der Waals surface area contributed by atoms with Crippen LogP contribution in [0.2, 0.25) is 0 Å². The fraction of sp³-hybridized carbons (Fsp3) is 0.500. The highest BCUT2D eigenvalue weighted by Gasteiger charge is 2.38. The molecule has 2 aliphatic rings. The lowest BCUT2D eigenvalue weighted by atomic mass is 10.1. The Labute approximate surface area is 213 Å². The predicted molar refractivity (Wildman–Crippen MR) is 123 cm³/mol. The summed E-state index contributed by atoms with van der Waals surface area (Å²) in [4.78, 5) is 37.4. The molecule has 4 rings (SSSR count). The second kappa shape index (κ2) is 12.9. The molecule has 0 aromatic carbocycles. The summed E-state index contributed by atoms with van der Waals surface area (Å²) in [6.07, 6.45) is -5.37. The summed E-state index contributed by atoms with van der Waals surface area (Å²) < 4.78 is 65.4. The molecule has 0 amide bonds. The second-order valence-electron chi connectivity index (χ2n) is 8.85. The summed E-state index contributed by atoms with van der Waals surface area (Å²) in [5, 5.41) is 14.2. The van der Waals surface area contributed by atoms with Crippen LogP contribution < -0.4 is 5.56 Å². The molecule has 1 aliphatic heterocycles. The van der Waals surface area contributed by atoms with E-state index in [9.17, 15) is 31.1 Å². The van der Waals surface area contributed by atoms with Crippen molar-refractivity contribution in [3.8, 4) is 0 Å². The second-order valence-corrected chi connectivity index (χ2v) is 8.85. The van der Waals surface area contributed by atoms with Crippen molar-refractivity contribution in [2.24, 2.45) is 5.92 Å². The summed E-state index contributed by atoms with van der Waals surface area (Å²) >= 11 is 0. The van der Waals surface area contributed by atoms with Gasteiger partial charge in [-0.2, -0.15) is 26.3 Å². The molecule has 38 heavy (non-hydrogen) atoms. The van der Waals surface area contributed by atoms with E-state index in [2.05, 4.69) is 9.88 Å². The Balaban J connectivity index is 0.000000301. The molecule has 2 aromatic rings. The zero-order valence-corrected chi connectivity index (χ0v) is 20.3. The molecule has 1 aliphatic carbocycles. The van der Waals surface area contributed by atoms with Gasteiger partial charge in [-0.15, -0.1) is 0 Å². The van der Waals surface area contributed by atoms with E-state index < -0.39 is 24.3 Å². The van der Waals surface area contributed by atoms with E-state index in [-0.39, 0.29) is 5.56 Å². The maximum atomic E-state index is 12.5. The molecule has 0 spiro atoms. The lowest BCUT2D eigenvalue weighted by Gasteiger charge is -2.19. The Morgan fingerprint density at radius 2 is 1.50 bits per heavy atom. The Morgan fingerprint density at radius 1 is 0.947 bits per heavy atom. The Morgan fingerprint density at radius 3 is 2.00 bits per heavy atom. The summed E-state index contributed by atoms with van der Waals surface area (Å²) in [7, 11) is 0. The van der Waals surface area contributed by atoms with E-state index in [0.29, 0.717) is 6.54 Å². The smallest absolute Gasteiger partial charge is 0.475 e. The van der Waals surface area contributed by atoms with Gasteiger partial charge in [0.2, 0.25) is 0 Å². The zero-order chi connectivity index (χ0) is 28.7. The normalized spacial score (nSPS) is 15.7. The molecule has 8 nitrogen and oxygen atoms in total. The van der Waals surface area contributed by atoms with E-state index in [0.717, 1.165) is 43.2 Å². The van der Waals surface area contributed by atoms with Crippen LogP contribution in [-0.4, -0.2) is 68.6 Å². The molecule has 1 saturated carbocycles. The van der Waals surface area contributed by atoms with Crippen LogP contribution in [0.1, 0.15) is 35.5 Å². The zero-order valence-electron chi connectivity index (χ0n) is 20.3. The average molecular weight is 551 g/mol. The number of hydrogen-bond donors (Lipinski definition) is 2. The van der Waals surface area contributed by atoms with Crippen LogP contribution in [0.4, 0.5) is 26.3 Å². The lowest BCUT2D eigenvalue weighted by Crippen LogP contribution is -2.29. The van der Waals surface area contributed by atoms with Crippen molar-refractivity contribution in [1.82, 2.24) is 14.5 Å². The van der Waals surface area contributed by atoms with Crippen molar-refractivity contribution in [2.45, 2.75) is 51.5 Å². The molecule has 0 bridgehead atoms. The van der Waals surface area contributed by atoms with Gasteiger partial charge in [-0.1, -0.05) is 12.1 Å². The van der Waals surface area contributed by atoms with E-state index in [1.807, 2.05) is 35.8 Å². The minimum Gasteiger partial charge on any atom is -0.475 e. The molecule has 0 radical (unpaired) electrons. The first-order valence-corrected chi connectivity index (χ1v) is 11.5. The number of carboxylic acid groups (broad SMARTS) is 2. The average Bonchev–Trinajstić information content (AvgIpc) is 3.63. The fourth-order valence-electron chi connectivity index (χ4n) is 3.71. The number of carbonyl (C=O) groups is 2. The van der Waals surface area contributed by atoms with Crippen LogP contribution in [0.15, 0.2) is 35.1 Å². The number of fused-ring (bicyclic) bond motifs is 1. The number of aryl methyl sites for hydroxylation is 1. The summed E-state index contributed by atoms with van der Waals surface area (Å²) in [6, 6.07) is 9.79. The molecule has 3 heterocycles. The van der Waals surface area contributed by atoms with Gasteiger partial charge < -0.3 is 19.7 Å². The maximum Gasteiger partial charge on any atom is 0.490 e. The first kappa shape index (κ1) is 30.8. The van der Waals surface area contributed by atoms with Gasteiger partial charge >= 0.3 is 24.3 Å². The molecule has 1 fully saturated rings. The van der Waals surface area contributed by atoms with Crippen LogP contribution in [0, 0.1) is 12.8 Å². The van der Waals surface area contributed by atoms with Crippen LogP contribution in [-0.2, 0) is 29.0 Å². The van der Waals surface area contributed by atoms with Crippen molar-refractivity contribution >= 4 is 11.9 Å². The van der Waals surface area contributed by atoms with Gasteiger partial charge in [0.05, 0.1) is 12.2 Å². The number of carboxylic acids is 2. The van der Waals surface area contributed by atoms with Crippen molar-refractivity contribution in [1.29, 1.82) is 0 Å². The molecular formula is C24H27F6N3O5. The van der Waals surface area contributed by atoms with E-state index in [1.165, 1.54) is 30.6 Å².